The van der Waals surface area contributed by atoms with Gasteiger partial charge in [-0.3, -0.25) is 4.79 Å². The van der Waals surface area contributed by atoms with Crippen molar-refractivity contribution >= 4 is 17.3 Å². The summed E-state index contributed by atoms with van der Waals surface area (Å²) < 4.78 is 0. The molecule has 24 heavy (non-hydrogen) atoms. The molecule has 0 bridgehead atoms. The van der Waals surface area contributed by atoms with Crippen molar-refractivity contribution in [3.63, 3.8) is 0 Å². The number of para-hydroxylation sites is 2. The van der Waals surface area contributed by atoms with Crippen LogP contribution in [0.25, 0.3) is 0 Å². The van der Waals surface area contributed by atoms with Crippen LogP contribution in [0.2, 0.25) is 0 Å². The van der Waals surface area contributed by atoms with Crippen LogP contribution in [0.15, 0.2) is 42.5 Å². The lowest BCUT2D eigenvalue weighted by molar-refractivity contribution is -0.117. The van der Waals surface area contributed by atoms with E-state index in [4.69, 9.17) is 0 Å². The fourth-order valence-electron chi connectivity index (χ4n) is 3.61. The van der Waals surface area contributed by atoms with Crippen LogP contribution in [0.5, 0.6) is 0 Å². The number of anilines is 2. The van der Waals surface area contributed by atoms with Gasteiger partial charge in [-0.05, 0) is 48.9 Å². The lowest BCUT2D eigenvalue weighted by Crippen LogP contribution is -2.39. The third-order valence-electron chi connectivity index (χ3n) is 4.82. The molecule has 0 saturated carbocycles. The van der Waals surface area contributed by atoms with Gasteiger partial charge in [0.15, 0.2) is 0 Å². The van der Waals surface area contributed by atoms with Crippen LogP contribution in [-0.2, 0) is 11.2 Å². The molecule has 3 rings (SSSR count). The van der Waals surface area contributed by atoms with Gasteiger partial charge in [0, 0.05) is 17.4 Å². The second-order valence-electron chi connectivity index (χ2n) is 6.99. The van der Waals surface area contributed by atoms with Crippen molar-refractivity contribution in [1.29, 1.82) is 0 Å². The van der Waals surface area contributed by atoms with Gasteiger partial charge in [0.2, 0.25) is 5.91 Å². The number of nitrogens with one attached hydrogen (secondary N) is 1. The van der Waals surface area contributed by atoms with E-state index in [2.05, 4.69) is 57.3 Å². The molecule has 0 radical (unpaired) electrons. The molecule has 1 heterocycles. The van der Waals surface area contributed by atoms with Crippen LogP contribution in [0.4, 0.5) is 11.4 Å². The lowest BCUT2D eigenvalue weighted by atomic mass is 9.98. The zero-order chi connectivity index (χ0) is 17.3. The van der Waals surface area contributed by atoms with Crippen LogP contribution in [0.1, 0.15) is 43.4 Å². The Morgan fingerprint density at radius 1 is 1.21 bits per heavy atom. The summed E-state index contributed by atoms with van der Waals surface area (Å²) in [5, 5.41) is 3.40. The summed E-state index contributed by atoms with van der Waals surface area (Å²) >= 11 is 0. The average Bonchev–Trinajstić information content (AvgIpc) is 2.88. The van der Waals surface area contributed by atoms with Crippen molar-refractivity contribution in [1.82, 2.24) is 0 Å². The SMILES string of the molecule is Cc1cccc(C(C)C)c1NCC(=O)N1c2ccccc2CC1C. The minimum atomic E-state index is 0.130. The molecule has 2 aromatic carbocycles. The monoisotopic (exact) mass is 322 g/mol. The van der Waals surface area contributed by atoms with Gasteiger partial charge >= 0.3 is 0 Å². The maximum atomic E-state index is 12.8. The smallest absolute Gasteiger partial charge is 0.246 e. The molecule has 1 atom stereocenters. The summed E-state index contributed by atoms with van der Waals surface area (Å²) in [6.07, 6.45) is 0.934. The van der Waals surface area contributed by atoms with E-state index in [1.165, 1.54) is 16.7 Å². The molecule has 1 unspecified atom stereocenters. The van der Waals surface area contributed by atoms with E-state index in [9.17, 15) is 4.79 Å². The first-order valence-electron chi connectivity index (χ1n) is 8.72. The van der Waals surface area contributed by atoms with Gasteiger partial charge in [-0.25, -0.2) is 0 Å². The van der Waals surface area contributed by atoms with Crippen molar-refractivity contribution < 1.29 is 4.79 Å². The summed E-state index contributed by atoms with van der Waals surface area (Å²) in [5.41, 5.74) is 5.87. The first kappa shape index (κ1) is 16.6. The number of carbonyl (C=O) groups is 1. The minimum absolute atomic E-state index is 0.130. The number of carbonyl (C=O) groups excluding carboxylic acids is 1. The van der Waals surface area contributed by atoms with Gasteiger partial charge in [-0.2, -0.15) is 0 Å². The Balaban J connectivity index is 1.78. The predicted octanol–water partition coefficient (Wildman–Crippen LogP) is 4.51. The van der Waals surface area contributed by atoms with Gasteiger partial charge in [-0.1, -0.05) is 50.2 Å². The molecule has 126 valence electrons. The van der Waals surface area contributed by atoms with Gasteiger partial charge in [0.1, 0.15) is 0 Å². The third kappa shape index (κ3) is 3.03. The van der Waals surface area contributed by atoms with Crippen LogP contribution >= 0.6 is 0 Å². The molecular weight excluding hydrogens is 296 g/mol. The summed E-state index contributed by atoms with van der Waals surface area (Å²) in [7, 11) is 0. The quantitative estimate of drug-likeness (QED) is 0.898. The predicted molar refractivity (Wildman–Crippen MR) is 101 cm³/mol. The van der Waals surface area contributed by atoms with E-state index in [0.717, 1.165) is 17.8 Å². The maximum absolute atomic E-state index is 12.8. The molecule has 3 nitrogen and oxygen atoms in total. The first-order chi connectivity index (χ1) is 11.5. The number of hydrogen-bond donors (Lipinski definition) is 1. The van der Waals surface area contributed by atoms with Crippen molar-refractivity contribution in [2.75, 3.05) is 16.8 Å². The number of benzene rings is 2. The normalized spacial score (nSPS) is 16.4. The molecule has 1 N–H and O–H groups in total. The lowest BCUT2D eigenvalue weighted by Gasteiger charge is -2.24. The molecule has 0 spiro atoms. The van der Waals surface area contributed by atoms with Crippen molar-refractivity contribution in [3.8, 4) is 0 Å². The average molecular weight is 322 g/mol. The number of fused-ring (bicyclic) bond motifs is 1. The van der Waals surface area contributed by atoms with Crippen molar-refractivity contribution in [3.05, 3.63) is 59.2 Å². The molecule has 0 saturated heterocycles. The summed E-state index contributed by atoms with van der Waals surface area (Å²) in [6.45, 7) is 8.89. The zero-order valence-electron chi connectivity index (χ0n) is 15.0. The van der Waals surface area contributed by atoms with Crippen LogP contribution < -0.4 is 10.2 Å². The topological polar surface area (TPSA) is 32.3 Å². The maximum Gasteiger partial charge on any atom is 0.246 e. The standard InChI is InChI=1S/C21H26N2O/c1-14(2)18-10-7-8-15(3)21(18)22-13-20(24)23-16(4)12-17-9-5-6-11-19(17)23/h5-11,14,16,22H,12-13H2,1-4H3. The molecular formula is C21H26N2O. The molecule has 0 aliphatic carbocycles. The van der Waals surface area contributed by atoms with E-state index in [1.807, 2.05) is 23.1 Å². The minimum Gasteiger partial charge on any atom is -0.376 e. The summed E-state index contributed by atoms with van der Waals surface area (Å²) in [6, 6.07) is 14.7. The summed E-state index contributed by atoms with van der Waals surface area (Å²) in [4.78, 5) is 14.8. The molecule has 3 heteroatoms. The Labute approximate surface area is 144 Å². The zero-order valence-corrected chi connectivity index (χ0v) is 15.0. The number of aryl methyl sites for hydroxylation is 1. The molecule has 1 aliphatic rings. The third-order valence-corrected chi connectivity index (χ3v) is 4.82. The van der Waals surface area contributed by atoms with E-state index in [-0.39, 0.29) is 11.9 Å². The van der Waals surface area contributed by atoms with Crippen molar-refractivity contribution in [2.45, 2.75) is 46.1 Å². The number of hydrogen-bond acceptors (Lipinski definition) is 2. The van der Waals surface area contributed by atoms with Crippen LogP contribution in [-0.4, -0.2) is 18.5 Å². The van der Waals surface area contributed by atoms with E-state index in [0.29, 0.717) is 12.5 Å². The number of nitrogens with zero attached hydrogens (tertiary/aromatic N) is 1. The highest BCUT2D eigenvalue weighted by molar-refractivity contribution is 5.98. The Bertz CT molecular complexity index is 751. The molecule has 2 aromatic rings. The van der Waals surface area contributed by atoms with Crippen LogP contribution in [0.3, 0.4) is 0 Å². The van der Waals surface area contributed by atoms with E-state index in [1.54, 1.807) is 0 Å². The Hall–Kier alpha value is -2.29. The van der Waals surface area contributed by atoms with Gasteiger partial charge in [0.25, 0.3) is 0 Å². The highest BCUT2D eigenvalue weighted by Crippen LogP contribution is 2.32. The van der Waals surface area contributed by atoms with Gasteiger partial charge in [-0.15, -0.1) is 0 Å². The second-order valence-corrected chi connectivity index (χ2v) is 6.99. The fraction of sp³-hybridized carbons (Fsp3) is 0.381. The Morgan fingerprint density at radius 2 is 1.96 bits per heavy atom. The Kier molecular flexibility index (Phi) is 4.61. The van der Waals surface area contributed by atoms with Crippen LogP contribution in [0, 0.1) is 6.92 Å². The second kappa shape index (κ2) is 6.68. The van der Waals surface area contributed by atoms with Gasteiger partial charge < -0.3 is 10.2 Å². The number of amides is 1. The molecule has 1 amide bonds. The summed E-state index contributed by atoms with van der Waals surface area (Å²) in [5.74, 6) is 0.555. The highest BCUT2D eigenvalue weighted by atomic mass is 16.2. The first-order valence-corrected chi connectivity index (χ1v) is 8.72. The fourth-order valence-corrected chi connectivity index (χ4v) is 3.61. The highest BCUT2D eigenvalue weighted by Gasteiger charge is 2.30. The van der Waals surface area contributed by atoms with Gasteiger partial charge in [0.05, 0.1) is 6.54 Å². The van der Waals surface area contributed by atoms with E-state index < -0.39 is 0 Å². The van der Waals surface area contributed by atoms with E-state index >= 15 is 0 Å². The largest absolute Gasteiger partial charge is 0.376 e. The molecule has 1 aliphatic heterocycles. The number of rotatable bonds is 4. The Morgan fingerprint density at radius 3 is 2.71 bits per heavy atom. The van der Waals surface area contributed by atoms with Crippen molar-refractivity contribution in [2.24, 2.45) is 0 Å². The molecule has 0 fully saturated rings. The molecule has 0 aromatic heterocycles.